The molecule has 0 saturated heterocycles. The lowest BCUT2D eigenvalue weighted by Gasteiger charge is -2.43. The highest BCUT2D eigenvalue weighted by Crippen LogP contribution is 2.50. The lowest BCUT2D eigenvalue weighted by molar-refractivity contribution is 0.0505. The maximum absolute atomic E-state index is 12.3. The average molecular weight is 655 g/mol. The Kier molecular flexibility index (Phi) is 13.8. The van der Waals surface area contributed by atoms with E-state index in [4.69, 9.17) is 27.9 Å². The van der Waals surface area contributed by atoms with E-state index in [9.17, 15) is 8.42 Å². The molecular weight excluding hydrogens is 604 g/mol. The molecule has 2 unspecified atom stereocenters. The highest BCUT2D eigenvalue weighted by atomic mass is 32.2. The summed E-state index contributed by atoms with van der Waals surface area (Å²) in [7, 11) is -0.453. The third-order valence-corrected chi connectivity index (χ3v) is 10.1. The number of aryl methyl sites for hydroxylation is 1. The van der Waals surface area contributed by atoms with Crippen molar-refractivity contribution in [2.24, 2.45) is 0 Å². The van der Waals surface area contributed by atoms with Crippen LogP contribution in [0.4, 0.5) is 0 Å². The first-order chi connectivity index (χ1) is 22.3. The third-order valence-electron chi connectivity index (χ3n) is 8.79. The van der Waals surface area contributed by atoms with Gasteiger partial charge in [-0.25, -0.2) is 0 Å². The molecule has 46 heavy (non-hydrogen) atoms. The van der Waals surface area contributed by atoms with Gasteiger partial charge < -0.3 is 23.7 Å². The fourth-order valence-corrected chi connectivity index (χ4v) is 7.03. The number of ether oxygens (including phenoxy) is 5. The Balaban J connectivity index is 1.24. The molecule has 2 atom stereocenters. The second-order valence-electron chi connectivity index (χ2n) is 12.3. The first-order valence-electron chi connectivity index (χ1n) is 16.3. The zero-order valence-corrected chi connectivity index (χ0v) is 28.6. The van der Waals surface area contributed by atoms with Gasteiger partial charge in [-0.3, -0.25) is 4.18 Å². The van der Waals surface area contributed by atoms with Gasteiger partial charge in [-0.15, -0.1) is 0 Å². The van der Waals surface area contributed by atoms with Gasteiger partial charge in [0.2, 0.25) is 0 Å². The Morgan fingerprint density at radius 1 is 0.761 bits per heavy atom. The van der Waals surface area contributed by atoms with Crippen molar-refractivity contribution in [2.75, 3.05) is 41.0 Å². The van der Waals surface area contributed by atoms with Crippen molar-refractivity contribution in [3.63, 3.8) is 0 Å². The van der Waals surface area contributed by atoms with E-state index in [2.05, 4.69) is 25.1 Å². The van der Waals surface area contributed by atoms with Crippen LogP contribution >= 0.6 is 0 Å². The van der Waals surface area contributed by atoms with E-state index in [0.29, 0.717) is 6.61 Å². The molecule has 0 aromatic heterocycles. The van der Waals surface area contributed by atoms with Crippen LogP contribution in [0.25, 0.3) is 0 Å². The van der Waals surface area contributed by atoms with Crippen molar-refractivity contribution in [1.29, 1.82) is 0 Å². The molecule has 252 valence electrons. The van der Waals surface area contributed by atoms with Gasteiger partial charge in [0.1, 0.15) is 17.2 Å². The summed E-state index contributed by atoms with van der Waals surface area (Å²) >= 11 is 0. The van der Waals surface area contributed by atoms with E-state index >= 15 is 0 Å². The summed E-state index contributed by atoms with van der Waals surface area (Å²) < 4.78 is 57.7. The molecule has 0 radical (unpaired) electrons. The molecule has 3 aromatic carbocycles. The van der Waals surface area contributed by atoms with Crippen LogP contribution in [0.5, 0.6) is 17.2 Å². The summed E-state index contributed by atoms with van der Waals surface area (Å²) in [4.78, 5) is 0.217. The van der Waals surface area contributed by atoms with Gasteiger partial charge >= 0.3 is 0 Å². The van der Waals surface area contributed by atoms with Crippen LogP contribution in [0.15, 0.2) is 71.6 Å². The predicted octanol–water partition coefficient (Wildman–Crippen LogP) is 8.31. The SMILES string of the molecule is COCOc1ccc(C2(C)COc3cc(OCOC)ccc3C2CCCCCCCCCCOS(=O)(=O)c2ccc(C)cc2)cc1. The lowest BCUT2D eigenvalue weighted by Crippen LogP contribution is -2.40. The molecule has 8 nitrogen and oxygen atoms in total. The molecule has 4 rings (SSSR count). The van der Waals surface area contributed by atoms with Gasteiger partial charge in [0.25, 0.3) is 10.1 Å². The Labute approximate surface area is 275 Å². The summed E-state index contributed by atoms with van der Waals surface area (Å²) in [5.41, 5.74) is 3.26. The minimum absolute atomic E-state index is 0.196. The van der Waals surface area contributed by atoms with E-state index in [0.717, 1.165) is 61.3 Å². The van der Waals surface area contributed by atoms with Crippen LogP contribution in [-0.4, -0.2) is 49.4 Å². The summed E-state index contributed by atoms with van der Waals surface area (Å²) in [6.45, 7) is 5.45. The van der Waals surface area contributed by atoms with Crippen molar-refractivity contribution in [3.05, 3.63) is 83.4 Å². The standard InChI is InChI=1S/C37H50O8S/c1-29-14-21-33(22-15-29)46(38,39)45-24-12-10-8-6-5-7-9-11-13-35-34-23-20-32(44-28-41-4)25-36(34)42-26-37(35,2)30-16-18-31(19-17-30)43-27-40-3/h14-23,25,35H,5-13,24,26-28H2,1-4H3. The maximum atomic E-state index is 12.3. The van der Waals surface area contributed by atoms with Gasteiger partial charge in [0.15, 0.2) is 13.6 Å². The second-order valence-corrected chi connectivity index (χ2v) is 13.9. The first-order valence-corrected chi connectivity index (χ1v) is 17.7. The minimum Gasteiger partial charge on any atom is -0.492 e. The van der Waals surface area contributed by atoms with E-state index in [-0.39, 0.29) is 36.4 Å². The van der Waals surface area contributed by atoms with Gasteiger partial charge in [-0.2, -0.15) is 8.42 Å². The highest BCUT2D eigenvalue weighted by molar-refractivity contribution is 7.86. The van der Waals surface area contributed by atoms with E-state index in [1.165, 1.54) is 30.4 Å². The largest absolute Gasteiger partial charge is 0.492 e. The molecule has 9 heteroatoms. The van der Waals surface area contributed by atoms with Crippen molar-refractivity contribution in [2.45, 2.75) is 87.9 Å². The second kappa shape index (κ2) is 17.7. The zero-order chi connectivity index (χ0) is 32.8. The lowest BCUT2D eigenvalue weighted by atomic mass is 9.66. The quantitative estimate of drug-likeness (QED) is 0.0683. The fourth-order valence-electron chi connectivity index (χ4n) is 6.09. The molecule has 1 aliphatic rings. The number of hydrogen-bond acceptors (Lipinski definition) is 8. The minimum atomic E-state index is -3.68. The average Bonchev–Trinajstić information content (AvgIpc) is 3.06. The van der Waals surface area contributed by atoms with Crippen LogP contribution in [-0.2, 0) is 29.2 Å². The smallest absolute Gasteiger partial charge is 0.296 e. The Morgan fingerprint density at radius 2 is 1.35 bits per heavy atom. The van der Waals surface area contributed by atoms with Crippen molar-refractivity contribution in [1.82, 2.24) is 0 Å². The third kappa shape index (κ3) is 9.94. The number of rotatable bonds is 20. The van der Waals surface area contributed by atoms with Gasteiger partial charge in [-0.05, 0) is 61.2 Å². The van der Waals surface area contributed by atoms with Crippen LogP contribution in [0.2, 0.25) is 0 Å². The molecule has 0 spiro atoms. The number of fused-ring (bicyclic) bond motifs is 1. The number of hydrogen-bond donors (Lipinski definition) is 0. The maximum Gasteiger partial charge on any atom is 0.296 e. The monoisotopic (exact) mass is 654 g/mol. The molecular formula is C37H50O8S. The van der Waals surface area contributed by atoms with Gasteiger partial charge in [0.05, 0.1) is 18.1 Å². The summed E-state index contributed by atoms with van der Waals surface area (Å²) in [5, 5.41) is 0. The molecule has 0 fully saturated rings. The normalized spacial score (nSPS) is 17.7. The molecule has 0 bridgehead atoms. The molecule has 0 aliphatic carbocycles. The van der Waals surface area contributed by atoms with Crippen molar-refractivity contribution >= 4 is 10.1 Å². The highest BCUT2D eigenvalue weighted by Gasteiger charge is 2.42. The number of methoxy groups -OCH3 is 2. The molecule has 1 aliphatic heterocycles. The zero-order valence-electron chi connectivity index (χ0n) is 27.8. The van der Waals surface area contributed by atoms with E-state index < -0.39 is 10.1 Å². The van der Waals surface area contributed by atoms with Crippen molar-refractivity contribution < 1.29 is 36.3 Å². The first kappa shape index (κ1) is 35.7. The summed E-state index contributed by atoms with van der Waals surface area (Å²) in [5.74, 6) is 2.69. The molecule has 0 N–H and O–H groups in total. The number of unbranched alkanes of at least 4 members (excludes halogenated alkanes) is 7. The Hall–Kier alpha value is -3.11. The van der Waals surface area contributed by atoms with Gasteiger partial charge in [0, 0.05) is 31.6 Å². The topological polar surface area (TPSA) is 89.5 Å². The number of benzene rings is 3. The van der Waals surface area contributed by atoms with Crippen LogP contribution in [0, 0.1) is 6.92 Å². The van der Waals surface area contributed by atoms with E-state index in [1.807, 2.05) is 31.2 Å². The van der Waals surface area contributed by atoms with Crippen LogP contribution in [0.3, 0.4) is 0 Å². The molecule has 3 aromatic rings. The summed E-state index contributed by atoms with van der Waals surface area (Å²) in [6.07, 6.45) is 9.63. The van der Waals surface area contributed by atoms with Crippen molar-refractivity contribution in [3.8, 4) is 17.2 Å². The Bertz CT molecular complexity index is 1440. The fraction of sp³-hybridized carbons (Fsp3) is 0.514. The van der Waals surface area contributed by atoms with Gasteiger partial charge in [-0.1, -0.05) is 87.8 Å². The molecule has 1 heterocycles. The Morgan fingerprint density at radius 3 is 2.00 bits per heavy atom. The molecule has 0 saturated carbocycles. The summed E-state index contributed by atoms with van der Waals surface area (Å²) in [6, 6.07) is 21.2. The van der Waals surface area contributed by atoms with Crippen LogP contribution < -0.4 is 14.2 Å². The molecule has 0 amide bonds. The predicted molar refractivity (Wildman–Crippen MR) is 179 cm³/mol. The van der Waals surface area contributed by atoms with E-state index in [1.54, 1.807) is 38.5 Å². The van der Waals surface area contributed by atoms with Crippen LogP contribution in [0.1, 0.15) is 87.3 Å².